The Kier molecular flexibility index (Phi) is 5.05. The Balaban J connectivity index is 3.28. The van der Waals surface area contributed by atoms with Gasteiger partial charge in [0, 0.05) is 6.54 Å². The SMILES string of the molecule is CNCC(O)c1cc(OC)c(OC)c(Cl)c1C. The van der Waals surface area contributed by atoms with E-state index in [2.05, 4.69) is 5.32 Å². The maximum absolute atomic E-state index is 9.99. The average molecular weight is 260 g/mol. The fourth-order valence-electron chi connectivity index (χ4n) is 1.71. The van der Waals surface area contributed by atoms with Crippen molar-refractivity contribution < 1.29 is 14.6 Å². The number of halogens is 1. The highest BCUT2D eigenvalue weighted by atomic mass is 35.5. The molecule has 0 aliphatic heterocycles. The van der Waals surface area contributed by atoms with E-state index in [0.29, 0.717) is 23.1 Å². The summed E-state index contributed by atoms with van der Waals surface area (Å²) >= 11 is 6.19. The molecule has 0 amide bonds. The predicted molar refractivity (Wildman–Crippen MR) is 68.2 cm³/mol. The highest BCUT2D eigenvalue weighted by Gasteiger charge is 2.19. The molecule has 0 fully saturated rings. The Morgan fingerprint density at radius 2 is 2.06 bits per heavy atom. The first-order valence-corrected chi connectivity index (χ1v) is 5.68. The van der Waals surface area contributed by atoms with Gasteiger partial charge in [-0.25, -0.2) is 0 Å². The summed E-state index contributed by atoms with van der Waals surface area (Å²) in [4.78, 5) is 0. The van der Waals surface area contributed by atoms with Crippen LogP contribution in [0.3, 0.4) is 0 Å². The second-order valence-electron chi connectivity index (χ2n) is 3.71. The number of ether oxygens (including phenoxy) is 2. The summed E-state index contributed by atoms with van der Waals surface area (Å²) in [5, 5.41) is 13.4. The minimum Gasteiger partial charge on any atom is -0.493 e. The number of methoxy groups -OCH3 is 2. The molecule has 0 bridgehead atoms. The lowest BCUT2D eigenvalue weighted by Gasteiger charge is -2.18. The molecule has 0 saturated heterocycles. The molecule has 1 atom stereocenters. The predicted octanol–water partition coefficient (Wildman–Crippen LogP) is 1.92. The summed E-state index contributed by atoms with van der Waals surface area (Å²) in [6, 6.07) is 1.75. The number of hydrogen-bond acceptors (Lipinski definition) is 4. The van der Waals surface area contributed by atoms with Gasteiger partial charge in [0.15, 0.2) is 11.5 Å². The minimum atomic E-state index is -0.627. The highest BCUT2D eigenvalue weighted by molar-refractivity contribution is 6.33. The Morgan fingerprint density at radius 3 is 2.53 bits per heavy atom. The molecule has 5 heteroatoms. The number of likely N-dealkylation sites (N-methyl/N-ethyl adjacent to an activating group) is 1. The molecule has 0 spiro atoms. The van der Waals surface area contributed by atoms with Gasteiger partial charge in [0.05, 0.1) is 25.3 Å². The zero-order valence-electron chi connectivity index (χ0n) is 10.5. The van der Waals surface area contributed by atoms with Crippen LogP contribution in [0.1, 0.15) is 17.2 Å². The topological polar surface area (TPSA) is 50.7 Å². The van der Waals surface area contributed by atoms with Crippen LogP contribution in [-0.4, -0.2) is 32.9 Å². The van der Waals surface area contributed by atoms with Crippen molar-refractivity contribution in [2.45, 2.75) is 13.0 Å². The van der Waals surface area contributed by atoms with Gasteiger partial charge < -0.3 is 19.9 Å². The zero-order valence-corrected chi connectivity index (χ0v) is 11.3. The van der Waals surface area contributed by atoms with E-state index >= 15 is 0 Å². The fourth-order valence-corrected chi connectivity index (χ4v) is 1.99. The molecule has 1 aromatic carbocycles. The van der Waals surface area contributed by atoms with Crippen LogP contribution in [0, 0.1) is 6.92 Å². The van der Waals surface area contributed by atoms with Gasteiger partial charge in [-0.1, -0.05) is 11.6 Å². The third-order valence-electron chi connectivity index (χ3n) is 2.65. The van der Waals surface area contributed by atoms with Crippen molar-refractivity contribution in [1.82, 2.24) is 5.32 Å². The largest absolute Gasteiger partial charge is 0.493 e. The molecule has 0 aliphatic carbocycles. The summed E-state index contributed by atoms with van der Waals surface area (Å²) in [7, 11) is 4.85. The van der Waals surface area contributed by atoms with Gasteiger partial charge in [0.25, 0.3) is 0 Å². The van der Waals surface area contributed by atoms with E-state index in [4.69, 9.17) is 21.1 Å². The summed E-state index contributed by atoms with van der Waals surface area (Å²) in [6.07, 6.45) is -0.627. The normalized spacial score (nSPS) is 12.4. The number of aliphatic hydroxyl groups is 1. The lowest BCUT2D eigenvalue weighted by molar-refractivity contribution is 0.176. The molecule has 0 saturated carbocycles. The fraction of sp³-hybridized carbons (Fsp3) is 0.500. The quantitative estimate of drug-likeness (QED) is 0.848. The third kappa shape index (κ3) is 2.83. The maximum atomic E-state index is 9.99. The summed E-state index contributed by atoms with van der Waals surface area (Å²) in [5.74, 6) is 1.01. The maximum Gasteiger partial charge on any atom is 0.179 e. The monoisotopic (exact) mass is 259 g/mol. The van der Waals surface area contributed by atoms with Crippen LogP contribution >= 0.6 is 11.6 Å². The Labute approximate surface area is 106 Å². The zero-order chi connectivity index (χ0) is 13.0. The summed E-state index contributed by atoms with van der Waals surface area (Å²) in [6.45, 7) is 2.30. The van der Waals surface area contributed by atoms with Gasteiger partial charge in [-0.3, -0.25) is 0 Å². The molecule has 1 rings (SSSR count). The van der Waals surface area contributed by atoms with Crippen LogP contribution in [0.25, 0.3) is 0 Å². The Hall–Kier alpha value is -0.970. The summed E-state index contributed by atoms with van der Waals surface area (Å²) < 4.78 is 10.4. The molecule has 0 heterocycles. The third-order valence-corrected chi connectivity index (χ3v) is 3.11. The lowest BCUT2D eigenvalue weighted by atomic mass is 10.0. The van der Waals surface area contributed by atoms with Crippen molar-refractivity contribution in [2.24, 2.45) is 0 Å². The molecule has 1 aromatic rings. The van der Waals surface area contributed by atoms with Crippen molar-refractivity contribution in [1.29, 1.82) is 0 Å². The first-order chi connectivity index (χ1) is 8.06. The number of rotatable bonds is 5. The van der Waals surface area contributed by atoms with E-state index in [9.17, 15) is 5.11 Å². The molecule has 0 aliphatic rings. The molecule has 2 N–H and O–H groups in total. The molecule has 1 unspecified atom stereocenters. The van der Waals surface area contributed by atoms with Gasteiger partial charge >= 0.3 is 0 Å². The van der Waals surface area contributed by atoms with Crippen molar-refractivity contribution in [2.75, 3.05) is 27.8 Å². The smallest absolute Gasteiger partial charge is 0.179 e. The van der Waals surface area contributed by atoms with Gasteiger partial charge in [0.2, 0.25) is 0 Å². The second-order valence-corrected chi connectivity index (χ2v) is 4.09. The van der Waals surface area contributed by atoms with E-state index < -0.39 is 6.10 Å². The number of benzene rings is 1. The van der Waals surface area contributed by atoms with Crippen LogP contribution in [0.5, 0.6) is 11.5 Å². The minimum absolute atomic E-state index is 0.451. The highest BCUT2D eigenvalue weighted by Crippen LogP contribution is 2.40. The van der Waals surface area contributed by atoms with Gasteiger partial charge in [-0.15, -0.1) is 0 Å². The van der Waals surface area contributed by atoms with Gasteiger partial charge in [-0.2, -0.15) is 0 Å². The van der Waals surface area contributed by atoms with Crippen LogP contribution in [0.4, 0.5) is 0 Å². The first-order valence-electron chi connectivity index (χ1n) is 5.30. The molecule has 17 heavy (non-hydrogen) atoms. The molecule has 4 nitrogen and oxygen atoms in total. The molecule has 0 radical (unpaired) electrons. The van der Waals surface area contributed by atoms with E-state index in [1.807, 2.05) is 6.92 Å². The van der Waals surface area contributed by atoms with Crippen molar-refractivity contribution >= 4 is 11.6 Å². The number of hydrogen-bond donors (Lipinski definition) is 2. The molecule has 96 valence electrons. The summed E-state index contributed by atoms with van der Waals surface area (Å²) in [5.41, 5.74) is 1.54. The first kappa shape index (κ1) is 14.1. The number of nitrogens with one attached hydrogen (secondary N) is 1. The van der Waals surface area contributed by atoms with Crippen LogP contribution < -0.4 is 14.8 Å². The molecular formula is C12H18ClNO3. The molecular weight excluding hydrogens is 242 g/mol. The van der Waals surface area contributed by atoms with Crippen molar-refractivity contribution in [3.05, 3.63) is 22.2 Å². The standard InChI is InChI=1S/C12H18ClNO3/c1-7-8(9(15)6-14-2)5-10(16-3)12(17-4)11(7)13/h5,9,14-15H,6H2,1-4H3. The van der Waals surface area contributed by atoms with Crippen molar-refractivity contribution in [3.8, 4) is 11.5 Å². The number of aliphatic hydroxyl groups excluding tert-OH is 1. The van der Waals surface area contributed by atoms with E-state index in [-0.39, 0.29) is 0 Å². The second kappa shape index (κ2) is 6.10. The van der Waals surface area contributed by atoms with Crippen molar-refractivity contribution in [3.63, 3.8) is 0 Å². The van der Waals surface area contributed by atoms with Crippen LogP contribution in [-0.2, 0) is 0 Å². The Bertz CT molecular complexity index is 396. The van der Waals surface area contributed by atoms with Gasteiger partial charge in [-0.05, 0) is 31.2 Å². The van der Waals surface area contributed by atoms with E-state index in [1.165, 1.54) is 14.2 Å². The lowest BCUT2D eigenvalue weighted by Crippen LogP contribution is -2.17. The molecule has 0 aromatic heterocycles. The van der Waals surface area contributed by atoms with Crippen LogP contribution in [0.2, 0.25) is 5.02 Å². The van der Waals surface area contributed by atoms with Gasteiger partial charge in [0.1, 0.15) is 0 Å². The van der Waals surface area contributed by atoms with E-state index in [1.54, 1.807) is 13.1 Å². The Morgan fingerprint density at radius 1 is 1.41 bits per heavy atom. The van der Waals surface area contributed by atoms with E-state index in [0.717, 1.165) is 11.1 Å². The average Bonchev–Trinajstić information content (AvgIpc) is 2.32. The van der Waals surface area contributed by atoms with Crippen LogP contribution in [0.15, 0.2) is 6.07 Å².